The molecule has 26 heavy (non-hydrogen) atoms. The number of ketones is 1. The van der Waals surface area contributed by atoms with Gasteiger partial charge in [0.1, 0.15) is 5.39 Å². The van der Waals surface area contributed by atoms with Crippen LogP contribution < -0.4 is 10.5 Å². The SMILES string of the molecule is CC(=O)c1cc(Br)ccc1-n1cc2c(=O)[nH]c(N3CCOCC3)nc2n1. The molecule has 0 atom stereocenters. The van der Waals surface area contributed by atoms with Crippen LogP contribution in [0.3, 0.4) is 0 Å². The van der Waals surface area contributed by atoms with Gasteiger partial charge in [0.15, 0.2) is 11.4 Å². The molecular weight excluding hydrogens is 402 g/mol. The molecule has 1 aliphatic heterocycles. The summed E-state index contributed by atoms with van der Waals surface area (Å²) < 4.78 is 7.66. The standard InChI is InChI=1S/C17H16BrN5O3/c1-10(24)12-8-11(18)2-3-14(12)23-9-13-15(21-23)19-17(20-16(13)25)22-4-6-26-7-5-22/h2-3,8-9H,4-7H2,1H3,(H,19,20,21,25). The Hall–Kier alpha value is -2.52. The van der Waals surface area contributed by atoms with Gasteiger partial charge in [-0.3, -0.25) is 14.6 Å². The number of anilines is 1. The lowest BCUT2D eigenvalue weighted by Gasteiger charge is -2.26. The predicted molar refractivity (Wildman–Crippen MR) is 100 cm³/mol. The molecule has 0 spiro atoms. The van der Waals surface area contributed by atoms with Gasteiger partial charge in [-0.2, -0.15) is 4.98 Å². The molecule has 1 fully saturated rings. The summed E-state index contributed by atoms with van der Waals surface area (Å²) in [5, 5.41) is 4.81. The Morgan fingerprint density at radius 3 is 2.81 bits per heavy atom. The van der Waals surface area contributed by atoms with Crippen molar-refractivity contribution in [2.24, 2.45) is 0 Å². The maximum absolute atomic E-state index is 12.5. The average Bonchev–Trinajstić information content (AvgIpc) is 3.07. The Labute approximate surface area is 156 Å². The van der Waals surface area contributed by atoms with E-state index in [0.29, 0.717) is 54.5 Å². The Morgan fingerprint density at radius 2 is 2.08 bits per heavy atom. The molecule has 3 heterocycles. The van der Waals surface area contributed by atoms with Gasteiger partial charge in [0.05, 0.1) is 18.9 Å². The molecule has 0 aliphatic carbocycles. The quantitative estimate of drug-likeness (QED) is 0.654. The first-order valence-electron chi connectivity index (χ1n) is 8.16. The van der Waals surface area contributed by atoms with Crippen LogP contribution in [0, 0.1) is 0 Å². The molecule has 0 unspecified atom stereocenters. The van der Waals surface area contributed by atoms with E-state index >= 15 is 0 Å². The second kappa shape index (κ2) is 6.65. The summed E-state index contributed by atoms with van der Waals surface area (Å²) >= 11 is 3.37. The van der Waals surface area contributed by atoms with Gasteiger partial charge in [-0.15, -0.1) is 5.10 Å². The molecule has 4 rings (SSSR count). The number of aromatic nitrogens is 4. The number of carbonyl (C=O) groups is 1. The average molecular weight is 418 g/mol. The topological polar surface area (TPSA) is 93.1 Å². The first-order chi connectivity index (χ1) is 12.5. The fraction of sp³-hybridized carbons (Fsp3) is 0.294. The number of ether oxygens (including phenoxy) is 1. The van der Waals surface area contributed by atoms with E-state index in [9.17, 15) is 9.59 Å². The molecule has 0 saturated carbocycles. The van der Waals surface area contributed by atoms with Crippen LogP contribution in [0.2, 0.25) is 0 Å². The normalized spacial score (nSPS) is 14.8. The first kappa shape index (κ1) is 16.9. The van der Waals surface area contributed by atoms with Crippen molar-refractivity contribution in [1.82, 2.24) is 19.7 Å². The third-order valence-electron chi connectivity index (χ3n) is 4.27. The minimum Gasteiger partial charge on any atom is -0.378 e. The lowest BCUT2D eigenvalue weighted by Crippen LogP contribution is -2.38. The Morgan fingerprint density at radius 1 is 1.31 bits per heavy atom. The van der Waals surface area contributed by atoms with Crippen LogP contribution in [0.4, 0.5) is 5.95 Å². The monoisotopic (exact) mass is 417 g/mol. The van der Waals surface area contributed by atoms with Gasteiger partial charge in [-0.1, -0.05) is 15.9 Å². The van der Waals surface area contributed by atoms with E-state index in [2.05, 4.69) is 31.0 Å². The molecular formula is C17H16BrN5O3. The van der Waals surface area contributed by atoms with E-state index in [1.165, 1.54) is 11.6 Å². The van der Waals surface area contributed by atoms with Gasteiger partial charge in [0.25, 0.3) is 5.56 Å². The number of aromatic amines is 1. The number of hydrogen-bond donors (Lipinski definition) is 1. The molecule has 0 radical (unpaired) electrons. The number of hydrogen-bond acceptors (Lipinski definition) is 6. The molecule has 1 aromatic carbocycles. The molecule has 134 valence electrons. The lowest BCUT2D eigenvalue weighted by atomic mass is 10.1. The second-order valence-electron chi connectivity index (χ2n) is 6.02. The van der Waals surface area contributed by atoms with Crippen LogP contribution in [-0.4, -0.2) is 51.8 Å². The zero-order valence-electron chi connectivity index (χ0n) is 14.0. The van der Waals surface area contributed by atoms with Crippen molar-refractivity contribution in [3.8, 4) is 5.69 Å². The molecule has 1 N–H and O–H groups in total. The molecule has 1 aliphatic rings. The largest absolute Gasteiger partial charge is 0.378 e. The van der Waals surface area contributed by atoms with Gasteiger partial charge in [-0.05, 0) is 25.1 Å². The van der Waals surface area contributed by atoms with E-state index in [1.807, 2.05) is 11.0 Å². The van der Waals surface area contributed by atoms with E-state index < -0.39 is 0 Å². The predicted octanol–water partition coefficient (Wildman–Crippen LogP) is 1.91. The maximum atomic E-state index is 12.5. The van der Waals surface area contributed by atoms with E-state index in [1.54, 1.807) is 18.3 Å². The highest BCUT2D eigenvalue weighted by molar-refractivity contribution is 9.10. The zero-order valence-corrected chi connectivity index (χ0v) is 15.6. The summed E-state index contributed by atoms with van der Waals surface area (Å²) in [6, 6.07) is 5.34. The van der Waals surface area contributed by atoms with Crippen molar-refractivity contribution in [1.29, 1.82) is 0 Å². The smallest absolute Gasteiger partial charge is 0.263 e. The van der Waals surface area contributed by atoms with Crippen LogP contribution >= 0.6 is 15.9 Å². The summed E-state index contributed by atoms with van der Waals surface area (Å²) in [4.78, 5) is 33.7. The van der Waals surface area contributed by atoms with E-state index in [0.717, 1.165) is 4.47 Å². The minimum atomic E-state index is -0.260. The number of nitrogens with zero attached hydrogens (tertiary/aromatic N) is 4. The Balaban J connectivity index is 1.82. The number of nitrogens with one attached hydrogen (secondary N) is 1. The fourth-order valence-electron chi connectivity index (χ4n) is 2.94. The number of H-pyrrole nitrogens is 1. The highest BCUT2D eigenvalue weighted by atomic mass is 79.9. The summed E-state index contributed by atoms with van der Waals surface area (Å²) in [7, 11) is 0. The van der Waals surface area contributed by atoms with Crippen LogP contribution in [-0.2, 0) is 4.74 Å². The van der Waals surface area contributed by atoms with Crippen LogP contribution in [0.5, 0.6) is 0 Å². The molecule has 3 aromatic rings. The van der Waals surface area contributed by atoms with Crippen LogP contribution in [0.1, 0.15) is 17.3 Å². The van der Waals surface area contributed by atoms with Crippen molar-refractivity contribution >= 4 is 38.7 Å². The third-order valence-corrected chi connectivity index (χ3v) is 4.77. The first-order valence-corrected chi connectivity index (χ1v) is 8.95. The number of Topliss-reactive ketones (excluding diaryl/α,β-unsaturated/α-hetero) is 1. The Bertz CT molecular complexity index is 1050. The number of carbonyl (C=O) groups excluding carboxylic acids is 1. The highest BCUT2D eigenvalue weighted by Gasteiger charge is 2.18. The fourth-order valence-corrected chi connectivity index (χ4v) is 3.30. The zero-order chi connectivity index (χ0) is 18.3. The molecule has 0 amide bonds. The van der Waals surface area contributed by atoms with Gasteiger partial charge >= 0.3 is 0 Å². The summed E-state index contributed by atoms with van der Waals surface area (Å²) in [5.41, 5.74) is 1.19. The summed E-state index contributed by atoms with van der Waals surface area (Å²) in [6.45, 7) is 4.01. The van der Waals surface area contributed by atoms with E-state index in [-0.39, 0.29) is 11.3 Å². The lowest BCUT2D eigenvalue weighted by molar-refractivity contribution is 0.101. The Kier molecular flexibility index (Phi) is 4.33. The van der Waals surface area contributed by atoms with Crippen molar-refractivity contribution < 1.29 is 9.53 Å². The second-order valence-corrected chi connectivity index (χ2v) is 6.93. The van der Waals surface area contributed by atoms with Crippen molar-refractivity contribution in [3.63, 3.8) is 0 Å². The number of rotatable bonds is 3. The highest BCUT2D eigenvalue weighted by Crippen LogP contribution is 2.22. The molecule has 1 saturated heterocycles. The minimum absolute atomic E-state index is 0.0864. The number of halogens is 1. The van der Waals surface area contributed by atoms with Gasteiger partial charge in [0.2, 0.25) is 5.95 Å². The van der Waals surface area contributed by atoms with Gasteiger partial charge in [-0.25, -0.2) is 4.68 Å². The number of benzene rings is 1. The van der Waals surface area contributed by atoms with E-state index in [4.69, 9.17) is 4.74 Å². The summed E-state index contributed by atoms with van der Waals surface area (Å²) in [5.74, 6) is 0.398. The van der Waals surface area contributed by atoms with Crippen LogP contribution in [0.15, 0.2) is 33.7 Å². The molecule has 9 heteroatoms. The third kappa shape index (κ3) is 3.04. The molecule has 0 bridgehead atoms. The summed E-state index contributed by atoms with van der Waals surface area (Å²) in [6.07, 6.45) is 1.60. The van der Waals surface area contributed by atoms with Crippen molar-refractivity contribution in [2.45, 2.75) is 6.92 Å². The van der Waals surface area contributed by atoms with Crippen LogP contribution in [0.25, 0.3) is 16.7 Å². The van der Waals surface area contributed by atoms with Gasteiger partial charge < -0.3 is 9.64 Å². The number of fused-ring (bicyclic) bond motifs is 1. The maximum Gasteiger partial charge on any atom is 0.263 e. The molecule has 8 nitrogen and oxygen atoms in total. The van der Waals surface area contributed by atoms with Crippen molar-refractivity contribution in [2.75, 3.05) is 31.2 Å². The molecule has 2 aromatic heterocycles. The van der Waals surface area contributed by atoms with Gasteiger partial charge in [0, 0.05) is 29.3 Å². The number of morpholine rings is 1. The van der Waals surface area contributed by atoms with Crippen molar-refractivity contribution in [3.05, 3.63) is 44.8 Å².